The summed E-state index contributed by atoms with van der Waals surface area (Å²) in [5.74, 6) is -2.38. The molecule has 0 aliphatic carbocycles. The molecule has 0 fully saturated rings. The second-order valence-electron chi connectivity index (χ2n) is 10.2. The first kappa shape index (κ1) is 32.7. The number of ketones is 1. The van der Waals surface area contributed by atoms with Crippen LogP contribution in [0.4, 0.5) is 23.2 Å². The molecule has 1 aromatic heterocycles. The van der Waals surface area contributed by atoms with Gasteiger partial charge in [-0.3, -0.25) is 19.2 Å². The number of aromatic nitrogens is 2. The Balaban J connectivity index is 1.89. The highest BCUT2D eigenvalue weighted by Crippen LogP contribution is 2.32. The molecule has 1 atom stereocenters. The number of alkyl halides is 3. The first-order chi connectivity index (χ1) is 21.2. The van der Waals surface area contributed by atoms with Crippen molar-refractivity contribution in [3.8, 4) is 11.4 Å². The van der Waals surface area contributed by atoms with Gasteiger partial charge in [-0.15, -0.1) is 0 Å². The van der Waals surface area contributed by atoms with Crippen molar-refractivity contribution in [3.05, 3.63) is 116 Å². The zero-order valence-corrected chi connectivity index (χ0v) is 24.7. The van der Waals surface area contributed by atoms with E-state index in [0.717, 1.165) is 30.3 Å². The lowest BCUT2D eigenvalue weighted by Crippen LogP contribution is -2.37. The van der Waals surface area contributed by atoms with Gasteiger partial charge < -0.3 is 20.9 Å². The van der Waals surface area contributed by atoms with Crippen LogP contribution in [0.5, 0.6) is 0 Å². The number of hydrogen-bond donors (Lipinski definition) is 4. The van der Waals surface area contributed by atoms with E-state index in [9.17, 15) is 36.7 Å². The number of carbonyl (C=O) groups is 3. The summed E-state index contributed by atoms with van der Waals surface area (Å²) in [5.41, 5.74) is -1.54. The smallest absolute Gasteiger partial charge is 0.355 e. The fourth-order valence-electron chi connectivity index (χ4n) is 4.59. The summed E-state index contributed by atoms with van der Waals surface area (Å²) in [5, 5.41) is 7.76. The maximum absolute atomic E-state index is 14.0. The summed E-state index contributed by atoms with van der Waals surface area (Å²) in [4.78, 5) is 58.8. The standard InChI is InChI=1S/C32H29F4N5O4/c1-16-23(6-5-7-24(16)30(44)38-4)28-39-25(26(31(45)41-28)40-29(43)17(2)37-3)14-18-12-20(15-21(13-18)32(34,35)36)27(42)19-8-10-22(33)11-9-19/h5-13,15,17,37H,14H2,1-4H3,(H,38,44)(H,40,43)(H,39,41,45)/t17-/m0/s1. The van der Waals surface area contributed by atoms with E-state index in [1.165, 1.54) is 20.2 Å². The van der Waals surface area contributed by atoms with Crippen molar-refractivity contribution in [1.82, 2.24) is 20.6 Å². The van der Waals surface area contributed by atoms with Gasteiger partial charge in [0.1, 0.15) is 17.3 Å². The number of benzene rings is 3. The Morgan fingerprint density at radius 1 is 0.978 bits per heavy atom. The van der Waals surface area contributed by atoms with Gasteiger partial charge in [0.05, 0.1) is 17.3 Å². The number of nitrogens with one attached hydrogen (secondary N) is 4. The van der Waals surface area contributed by atoms with Gasteiger partial charge in [-0.05, 0) is 80.6 Å². The Morgan fingerprint density at radius 3 is 2.29 bits per heavy atom. The molecule has 4 N–H and O–H groups in total. The van der Waals surface area contributed by atoms with Gasteiger partial charge in [0.25, 0.3) is 11.5 Å². The van der Waals surface area contributed by atoms with E-state index in [2.05, 4.69) is 25.9 Å². The topological polar surface area (TPSA) is 133 Å². The zero-order chi connectivity index (χ0) is 33.1. The minimum atomic E-state index is -4.84. The first-order valence-corrected chi connectivity index (χ1v) is 13.7. The van der Waals surface area contributed by atoms with Crippen LogP contribution in [0.25, 0.3) is 11.4 Å². The average Bonchev–Trinajstić information content (AvgIpc) is 3.01. The molecule has 4 rings (SSSR count). The Labute approximate surface area is 255 Å². The summed E-state index contributed by atoms with van der Waals surface area (Å²) < 4.78 is 55.4. The molecule has 4 aromatic rings. The van der Waals surface area contributed by atoms with Crippen LogP contribution in [0.1, 0.15) is 55.6 Å². The molecule has 0 saturated carbocycles. The molecule has 9 nitrogen and oxygen atoms in total. The summed E-state index contributed by atoms with van der Waals surface area (Å²) in [6, 6.07) is 11.1. The van der Waals surface area contributed by atoms with Crippen LogP contribution >= 0.6 is 0 Å². The second kappa shape index (κ2) is 13.2. The number of carbonyl (C=O) groups excluding carboxylic acids is 3. The van der Waals surface area contributed by atoms with Crippen molar-refractivity contribution in [3.63, 3.8) is 0 Å². The van der Waals surface area contributed by atoms with Gasteiger partial charge in [-0.1, -0.05) is 12.1 Å². The van der Waals surface area contributed by atoms with Gasteiger partial charge in [0, 0.05) is 35.7 Å². The normalized spacial score (nSPS) is 12.0. The fraction of sp³-hybridized carbons (Fsp3) is 0.219. The number of amides is 2. The lowest BCUT2D eigenvalue weighted by Gasteiger charge is -2.17. The van der Waals surface area contributed by atoms with Crippen LogP contribution in [0.15, 0.2) is 65.5 Å². The Morgan fingerprint density at radius 2 is 1.67 bits per heavy atom. The molecule has 0 bridgehead atoms. The van der Waals surface area contributed by atoms with E-state index in [1.807, 2.05) is 0 Å². The van der Waals surface area contributed by atoms with E-state index in [4.69, 9.17) is 0 Å². The van der Waals surface area contributed by atoms with Gasteiger partial charge in [-0.25, -0.2) is 9.37 Å². The maximum Gasteiger partial charge on any atom is 0.416 e. The van der Waals surface area contributed by atoms with Crippen molar-refractivity contribution in [2.45, 2.75) is 32.5 Å². The summed E-state index contributed by atoms with van der Waals surface area (Å²) >= 11 is 0. The molecule has 234 valence electrons. The highest BCUT2D eigenvalue weighted by Gasteiger charge is 2.32. The molecule has 0 radical (unpaired) electrons. The highest BCUT2D eigenvalue weighted by molar-refractivity contribution is 6.09. The van der Waals surface area contributed by atoms with E-state index in [1.54, 1.807) is 32.0 Å². The monoisotopic (exact) mass is 623 g/mol. The van der Waals surface area contributed by atoms with Gasteiger partial charge in [0.15, 0.2) is 5.78 Å². The minimum Gasteiger partial charge on any atom is -0.355 e. The van der Waals surface area contributed by atoms with Gasteiger partial charge in [0.2, 0.25) is 5.91 Å². The number of halogens is 4. The third kappa shape index (κ3) is 7.32. The predicted molar refractivity (Wildman–Crippen MR) is 160 cm³/mol. The third-order valence-electron chi connectivity index (χ3n) is 7.19. The van der Waals surface area contributed by atoms with Crippen LogP contribution in [0.3, 0.4) is 0 Å². The predicted octanol–water partition coefficient (Wildman–Crippen LogP) is 4.63. The molecule has 0 aliphatic rings. The van der Waals surface area contributed by atoms with Gasteiger partial charge in [-0.2, -0.15) is 13.2 Å². The summed E-state index contributed by atoms with van der Waals surface area (Å²) in [6.07, 6.45) is -5.24. The fourth-order valence-corrected chi connectivity index (χ4v) is 4.59. The molecular formula is C32H29F4N5O4. The lowest BCUT2D eigenvalue weighted by atomic mass is 9.96. The zero-order valence-electron chi connectivity index (χ0n) is 24.7. The molecule has 1 heterocycles. The minimum absolute atomic E-state index is 0.00695. The van der Waals surface area contributed by atoms with Gasteiger partial charge >= 0.3 is 6.18 Å². The maximum atomic E-state index is 14.0. The second-order valence-corrected chi connectivity index (χ2v) is 10.2. The third-order valence-corrected chi connectivity index (χ3v) is 7.19. The Kier molecular flexibility index (Phi) is 9.62. The van der Waals surface area contributed by atoms with Crippen LogP contribution < -0.4 is 21.5 Å². The SMILES string of the molecule is CNC(=O)c1cccc(-c2nc(Cc3cc(C(=O)c4ccc(F)cc4)cc(C(F)(F)F)c3)c(NC(=O)[C@H](C)NC)c(=O)[nH]2)c1C. The first-order valence-electron chi connectivity index (χ1n) is 13.7. The number of H-pyrrole nitrogens is 1. The van der Waals surface area contributed by atoms with Crippen LogP contribution in [-0.4, -0.2) is 47.7 Å². The van der Waals surface area contributed by atoms with E-state index < -0.39 is 47.3 Å². The quantitative estimate of drug-likeness (QED) is 0.159. The highest BCUT2D eigenvalue weighted by atomic mass is 19.4. The van der Waals surface area contributed by atoms with Crippen molar-refractivity contribution >= 4 is 23.3 Å². The molecule has 2 amide bonds. The molecule has 0 spiro atoms. The van der Waals surface area contributed by atoms with Crippen molar-refractivity contribution in [2.75, 3.05) is 19.4 Å². The van der Waals surface area contributed by atoms with E-state index in [-0.39, 0.29) is 39.8 Å². The van der Waals surface area contributed by atoms with Crippen LogP contribution in [0, 0.1) is 12.7 Å². The number of hydrogen-bond acceptors (Lipinski definition) is 6. The van der Waals surface area contributed by atoms with Crippen LogP contribution in [-0.2, 0) is 17.4 Å². The molecule has 0 aliphatic heterocycles. The van der Waals surface area contributed by atoms with Crippen molar-refractivity contribution < 1.29 is 31.9 Å². The largest absolute Gasteiger partial charge is 0.416 e. The number of nitrogens with zero attached hydrogens (tertiary/aromatic N) is 1. The molecular weight excluding hydrogens is 594 g/mol. The van der Waals surface area contributed by atoms with E-state index >= 15 is 0 Å². The molecule has 45 heavy (non-hydrogen) atoms. The average molecular weight is 624 g/mol. The Hall–Kier alpha value is -5.17. The lowest BCUT2D eigenvalue weighted by molar-refractivity contribution is -0.137. The molecule has 0 saturated heterocycles. The molecule has 3 aromatic carbocycles. The summed E-state index contributed by atoms with van der Waals surface area (Å²) in [6.45, 7) is 3.18. The summed E-state index contributed by atoms with van der Waals surface area (Å²) in [7, 11) is 2.99. The van der Waals surface area contributed by atoms with Crippen molar-refractivity contribution in [2.24, 2.45) is 0 Å². The van der Waals surface area contributed by atoms with Crippen molar-refractivity contribution in [1.29, 1.82) is 0 Å². The molecule has 0 unspecified atom stereocenters. The number of aromatic amines is 1. The van der Waals surface area contributed by atoms with E-state index in [0.29, 0.717) is 22.8 Å². The number of anilines is 1. The number of rotatable bonds is 9. The Bertz CT molecular complexity index is 1840. The number of likely N-dealkylation sites (N-methyl/N-ethyl adjacent to an activating group) is 1. The van der Waals surface area contributed by atoms with Crippen LogP contribution in [0.2, 0.25) is 0 Å². The molecule has 13 heteroatoms.